The van der Waals surface area contributed by atoms with Crippen LogP contribution in [0.15, 0.2) is 18.2 Å². The third-order valence-corrected chi connectivity index (χ3v) is 2.78. The standard InChI is InChI=1S/C15H20F2N2O2/c1-3-5-8-19-12(10-18)11-6-7-13(21-15(16)17)14(9-11)20-4-2/h1,6-7,9,12,15,19H,4-5,8,10,18H2,2H3. The summed E-state index contributed by atoms with van der Waals surface area (Å²) < 4.78 is 34.5. The van der Waals surface area contributed by atoms with Crippen molar-refractivity contribution in [3.05, 3.63) is 23.8 Å². The number of benzene rings is 1. The van der Waals surface area contributed by atoms with E-state index in [9.17, 15) is 8.78 Å². The Bertz CT molecular complexity index is 475. The zero-order valence-corrected chi connectivity index (χ0v) is 11.9. The van der Waals surface area contributed by atoms with E-state index < -0.39 is 6.61 Å². The van der Waals surface area contributed by atoms with E-state index in [1.165, 1.54) is 6.07 Å². The molecular formula is C15H20F2N2O2. The van der Waals surface area contributed by atoms with Gasteiger partial charge in [0.25, 0.3) is 0 Å². The van der Waals surface area contributed by atoms with Crippen molar-refractivity contribution in [2.75, 3.05) is 19.7 Å². The lowest BCUT2D eigenvalue weighted by Crippen LogP contribution is -2.28. The van der Waals surface area contributed by atoms with Crippen LogP contribution in [0.2, 0.25) is 0 Å². The summed E-state index contributed by atoms with van der Waals surface area (Å²) in [5.41, 5.74) is 6.56. The maximum atomic E-state index is 12.3. The Labute approximate surface area is 123 Å². The van der Waals surface area contributed by atoms with Crippen LogP contribution in [0.4, 0.5) is 8.78 Å². The van der Waals surface area contributed by atoms with Gasteiger partial charge >= 0.3 is 6.61 Å². The van der Waals surface area contributed by atoms with Crippen LogP contribution >= 0.6 is 0 Å². The molecule has 0 spiro atoms. The van der Waals surface area contributed by atoms with Crippen molar-refractivity contribution >= 4 is 0 Å². The second-order valence-corrected chi connectivity index (χ2v) is 4.21. The summed E-state index contributed by atoms with van der Waals surface area (Å²) in [6.45, 7) is 0.197. The van der Waals surface area contributed by atoms with E-state index in [1.807, 2.05) is 0 Å². The lowest BCUT2D eigenvalue weighted by atomic mass is 10.1. The minimum absolute atomic E-state index is 0.00926. The largest absolute Gasteiger partial charge is 0.490 e. The zero-order chi connectivity index (χ0) is 15.7. The summed E-state index contributed by atoms with van der Waals surface area (Å²) in [5.74, 6) is 2.81. The SMILES string of the molecule is C#CCCNC(CN)c1ccc(OC(F)F)c(OCC)c1. The van der Waals surface area contributed by atoms with Gasteiger partial charge in [-0.1, -0.05) is 6.07 Å². The fraction of sp³-hybridized carbons (Fsp3) is 0.467. The van der Waals surface area contributed by atoms with Crippen LogP contribution in [-0.4, -0.2) is 26.3 Å². The first-order valence-electron chi connectivity index (χ1n) is 6.70. The molecule has 0 aromatic heterocycles. The molecule has 0 radical (unpaired) electrons. The first-order chi connectivity index (χ1) is 10.1. The number of hydrogen-bond donors (Lipinski definition) is 2. The van der Waals surface area contributed by atoms with E-state index in [-0.39, 0.29) is 17.5 Å². The zero-order valence-electron chi connectivity index (χ0n) is 11.9. The fourth-order valence-corrected chi connectivity index (χ4v) is 1.86. The lowest BCUT2D eigenvalue weighted by molar-refractivity contribution is -0.0514. The van der Waals surface area contributed by atoms with Gasteiger partial charge in [-0.25, -0.2) is 0 Å². The van der Waals surface area contributed by atoms with Crippen LogP contribution in [0, 0.1) is 12.3 Å². The number of nitrogens with two attached hydrogens (primary N) is 1. The molecule has 0 fully saturated rings. The Balaban J connectivity index is 2.91. The molecule has 0 saturated heterocycles. The average molecular weight is 298 g/mol. The van der Waals surface area contributed by atoms with Crippen molar-refractivity contribution in [1.29, 1.82) is 0 Å². The molecule has 1 rings (SSSR count). The normalized spacial score (nSPS) is 12.0. The minimum atomic E-state index is -2.89. The number of halogens is 2. The van der Waals surface area contributed by atoms with E-state index in [0.29, 0.717) is 26.1 Å². The molecule has 1 atom stereocenters. The lowest BCUT2D eigenvalue weighted by Gasteiger charge is -2.19. The quantitative estimate of drug-likeness (QED) is 0.542. The van der Waals surface area contributed by atoms with E-state index in [2.05, 4.69) is 16.0 Å². The van der Waals surface area contributed by atoms with Crippen LogP contribution in [-0.2, 0) is 0 Å². The monoisotopic (exact) mass is 298 g/mol. The van der Waals surface area contributed by atoms with Crippen LogP contribution < -0.4 is 20.5 Å². The first-order valence-corrected chi connectivity index (χ1v) is 6.70. The molecule has 6 heteroatoms. The summed E-state index contributed by atoms with van der Waals surface area (Å²) >= 11 is 0. The van der Waals surface area contributed by atoms with Gasteiger partial charge < -0.3 is 20.5 Å². The molecule has 0 saturated carbocycles. The Hall–Kier alpha value is -1.84. The Morgan fingerprint density at radius 2 is 2.14 bits per heavy atom. The second kappa shape index (κ2) is 9.16. The van der Waals surface area contributed by atoms with Gasteiger partial charge in [-0.3, -0.25) is 0 Å². The number of ether oxygens (including phenoxy) is 2. The number of nitrogens with one attached hydrogen (secondary N) is 1. The molecule has 0 amide bonds. The Kier molecular flexibility index (Phi) is 7.51. The van der Waals surface area contributed by atoms with E-state index >= 15 is 0 Å². The minimum Gasteiger partial charge on any atom is -0.490 e. The molecule has 0 aliphatic rings. The molecule has 21 heavy (non-hydrogen) atoms. The number of terminal acetylenes is 1. The maximum absolute atomic E-state index is 12.3. The Morgan fingerprint density at radius 1 is 1.38 bits per heavy atom. The molecule has 0 aliphatic carbocycles. The summed E-state index contributed by atoms with van der Waals surface area (Å²) in [6.07, 6.45) is 5.78. The third-order valence-electron chi connectivity index (χ3n) is 2.78. The molecule has 4 nitrogen and oxygen atoms in total. The molecule has 116 valence electrons. The first kappa shape index (κ1) is 17.2. The van der Waals surface area contributed by atoms with Crippen LogP contribution in [0.25, 0.3) is 0 Å². The van der Waals surface area contributed by atoms with Gasteiger partial charge in [-0.05, 0) is 24.6 Å². The smallest absolute Gasteiger partial charge is 0.387 e. The number of rotatable bonds is 9. The number of alkyl halides is 2. The molecule has 0 aliphatic heterocycles. The van der Waals surface area contributed by atoms with Gasteiger partial charge in [-0.15, -0.1) is 12.3 Å². The van der Waals surface area contributed by atoms with Gasteiger partial charge in [0.05, 0.1) is 6.61 Å². The van der Waals surface area contributed by atoms with Crippen molar-refractivity contribution in [3.63, 3.8) is 0 Å². The summed E-state index contributed by atoms with van der Waals surface area (Å²) in [4.78, 5) is 0. The fourth-order valence-electron chi connectivity index (χ4n) is 1.86. The molecule has 0 heterocycles. The van der Waals surface area contributed by atoms with Crippen molar-refractivity contribution < 1.29 is 18.3 Å². The highest BCUT2D eigenvalue weighted by molar-refractivity contribution is 5.44. The molecule has 1 unspecified atom stereocenters. The van der Waals surface area contributed by atoms with E-state index in [0.717, 1.165) is 5.56 Å². The van der Waals surface area contributed by atoms with Crippen LogP contribution in [0.5, 0.6) is 11.5 Å². The third kappa shape index (κ3) is 5.58. The van der Waals surface area contributed by atoms with Gasteiger partial charge in [-0.2, -0.15) is 8.78 Å². The van der Waals surface area contributed by atoms with E-state index in [4.69, 9.17) is 16.9 Å². The summed E-state index contributed by atoms with van der Waals surface area (Å²) in [6, 6.07) is 4.67. The molecule has 3 N–H and O–H groups in total. The van der Waals surface area contributed by atoms with Crippen molar-refractivity contribution in [2.24, 2.45) is 5.73 Å². The van der Waals surface area contributed by atoms with Crippen molar-refractivity contribution in [2.45, 2.75) is 26.0 Å². The van der Waals surface area contributed by atoms with Gasteiger partial charge in [0, 0.05) is 25.6 Å². The average Bonchev–Trinajstić information content (AvgIpc) is 2.45. The predicted octanol–water partition coefficient (Wildman–Crippen LogP) is 2.30. The highest BCUT2D eigenvalue weighted by Gasteiger charge is 2.15. The van der Waals surface area contributed by atoms with Gasteiger partial charge in [0.1, 0.15) is 0 Å². The van der Waals surface area contributed by atoms with E-state index in [1.54, 1.807) is 19.1 Å². The van der Waals surface area contributed by atoms with Crippen LogP contribution in [0.1, 0.15) is 24.9 Å². The highest BCUT2D eigenvalue weighted by atomic mass is 19.3. The Morgan fingerprint density at radius 3 is 2.71 bits per heavy atom. The second-order valence-electron chi connectivity index (χ2n) is 4.21. The topological polar surface area (TPSA) is 56.5 Å². The van der Waals surface area contributed by atoms with Crippen LogP contribution in [0.3, 0.4) is 0 Å². The summed E-state index contributed by atoms with van der Waals surface area (Å²) in [7, 11) is 0. The molecule has 1 aromatic rings. The molecule has 0 bridgehead atoms. The number of hydrogen-bond acceptors (Lipinski definition) is 4. The van der Waals surface area contributed by atoms with Gasteiger partial charge in [0.2, 0.25) is 0 Å². The van der Waals surface area contributed by atoms with Crippen molar-refractivity contribution in [1.82, 2.24) is 5.32 Å². The molecular weight excluding hydrogens is 278 g/mol. The maximum Gasteiger partial charge on any atom is 0.387 e. The predicted molar refractivity (Wildman–Crippen MR) is 77.5 cm³/mol. The summed E-state index contributed by atoms with van der Waals surface area (Å²) in [5, 5.41) is 3.20. The van der Waals surface area contributed by atoms with Crippen molar-refractivity contribution in [3.8, 4) is 23.8 Å². The molecule has 1 aromatic carbocycles. The van der Waals surface area contributed by atoms with Gasteiger partial charge in [0.15, 0.2) is 11.5 Å². The highest BCUT2D eigenvalue weighted by Crippen LogP contribution is 2.31.